The van der Waals surface area contributed by atoms with Gasteiger partial charge in [-0.3, -0.25) is 0 Å². The number of nitroso groups, excluding NO2 is 1. The first-order valence-corrected chi connectivity index (χ1v) is 9.49. The maximum absolute atomic E-state index is 12.6. The zero-order chi connectivity index (χ0) is 19.1. The Morgan fingerprint density at radius 2 is 2.04 bits per heavy atom. The monoisotopic (exact) mass is 368 g/mol. The quantitative estimate of drug-likeness (QED) is 0.814. The van der Waals surface area contributed by atoms with Gasteiger partial charge in [0.05, 0.1) is 13.2 Å². The van der Waals surface area contributed by atoms with Crippen LogP contribution in [0.4, 0.5) is 5.95 Å². The first-order valence-electron chi connectivity index (χ1n) is 9.49. The van der Waals surface area contributed by atoms with Crippen LogP contribution in [0.25, 0.3) is 0 Å². The van der Waals surface area contributed by atoms with Crippen molar-refractivity contribution in [2.24, 2.45) is 17.8 Å². The standard InChI is InChI=1S/C20H26N5O2/c1-11-7-8-21-20(23-11)24-18-12(2)17(13-5-6-13)19(25(3)26)14-9-16(27-4)22-10-15(14)18/h7-10,12-13,17-19H,5-6H2,1-4H3,(H,21,23,24)/q+1/t12-,17+,18+,19?/m0/s1. The van der Waals surface area contributed by atoms with Crippen molar-refractivity contribution in [2.75, 3.05) is 19.5 Å². The molecule has 7 heteroatoms. The number of aromatic nitrogens is 3. The number of fused-ring (bicyclic) bond motifs is 1. The Bertz CT molecular complexity index is 867. The van der Waals surface area contributed by atoms with Crippen LogP contribution in [0, 0.1) is 29.6 Å². The second-order valence-corrected chi connectivity index (χ2v) is 7.76. The van der Waals surface area contributed by atoms with Crippen molar-refractivity contribution in [1.82, 2.24) is 15.0 Å². The minimum Gasteiger partial charge on any atom is -0.481 e. The second kappa shape index (κ2) is 6.87. The number of hydrogen-bond acceptors (Lipinski definition) is 6. The minimum atomic E-state index is -0.184. The number of hydrogen-bond donors (Lipinski definition) is 1. The summed E-state index contributed by atoms with van der Waals surface area (Å²) in [7, 11) is 3.23. The predicted molar refractivity (Wildman–Crippen MR) is 102 cm³/mol. The van der Waals surface area contributed by atoms with Crippen LogP contribution in [0.3, 0.4) is 0 Å². The van der Waals surface area contributed by atoms with Crippen LogP contribution in [-0.2, 0) is 0 Å². The summed E-state index contributed by atoms with van der Waals surface area (Å²) < 4.78 is 6.45. The molecule has 4 rings (SSSR count). The van der Waals surface area contributed by atoms with E-state index >= 15 is 0 Å². The molecule has 0 saturated heterocycles. The molecule has 0 spiro atoms. The highest BCUT2D eigenvalue weighted by atomic mass is 16.5. The van der Waals surface area contributed by atoms with Crippen molar-refractivity contribution in [2.45, 2.75) is 38.8 Å². The molecule has 2 aromatic rings. The Kier molecular flexibility index (Phi) is 4.53. The van der Waals surface area contributed by atoms with Gasteiger partial charge in [0.25, 0.3) is 0 Å². The van der Waals surface area contributed by atoms with E-state index < -0.39 is 0 Å². The van der Waals surface area contributed by atoms with Crippen LogP contribution < -0.4 is 10.1 Å². The highest BCUT2D eigenvalue weighted by Crippen LogP contribution is 2.55. The van der Waals surface area contributed by atoms with E-state index in [0.717, 1.165) is 21.6 Å². The molecule has 1 unspecified atom stereocenters. The fraction of sp³-hybridized carbons (Fsp3) is 0.550. The van der Waals surface area contributed by atoms with Crippen molar-refractivity contribution >= 4 is 5.95 Å². The van der Waals surface area contributed by atoms with Gasteiger partial charge in [-0.05, 0) is 37.7 Å². The first-order chi connectivity index (χ1) is 13.0. The third-order valence-electron chi connectivity index (χ3n) is 5.94. The lowest BCUT2D eigenvalue weighted by molar-refractivity contribution is -0.578. The second-order valence-electron chi connectivity index (χ2n) is 7.76. The number of nitrogens with zero attached hydrogens (tertiary/aromatic N) is 4. The number of nitrogens with one attached hydrogen (secondary N) is 1. The lowest BCUT2D eigenvalue weighted by Gasteiger charge is -2.39. The van der Waals surface area contributed by atoms with Gasteiger partial charge in [0.1, 0.15) is 0 Å². The van der Waals surface area contributed by atoms with Crippen LogP contribution in [0.5, 0.6) is 5.88 Å². The van der Waals surface area contributed by atoms with Gasteiger partial charge in [0.15, 0.2) is 7.05 Å². The van der Waals surface area contributed by atoms with Gasteiger partial charge in [0, 0.05) is 50.9 Å². The van der Waals surface area contributed by atoms with Gasteiger partial charge in [-0.25, -0.2) is 15.0 Å². The number of rotatable bonds is 5. The molecule has 0 amide bonds. The Balaban J connectivity index is 1.80. The summed E-state index contributed by atoms with van der Waals surface area (Å²) in [6.07, 6.45) is 5.96. The zero-order valence-electron chi connectivity index (χ0n) is 16.2. The molecule has 2 aliphatic rings. The average Bonchev–Trinajstić information content (AvgIpc) is 3.47. The molecule has 2 heterocycles. The van der Waals surface area contributed by atoms with Gasteiger partial charge in [0.2, 0.25) is 17.9 Å². The number of methoxy groups -OCH3 is 1. The average molecular weight is 368 g/mol. The highest BCUT2D eigenvalue weighted by Gasteiger charge is 2.53. The third-order valence-corrected chi connectivity index (χ3v) is 5.94. The van der Waals surface area contributed by atoms with E-state index in [2.05, 4.69) is 27.2 Å². The predicted octanol–water partition coefficient (Wildman–Crippen LogP) is 3.47. The van der Waals surface area contributed by atoms with Gasteiger partial charge in [-0.15, -0.1) is 0 Å². The number of ether oxygens (including phenoxy) is 1. The molecule has 4 atom stereocenters. The molecule has 0 aromatic carbocycles. The van der Waals surface area contributed by atoms with Gasteiger partial charge in [-0.1, -0.05) is 6.92 Å². The third kappa shape index (κ3) is 3.26. The molecule has 7 nitrogen and oxygen atoms in total. The zero-order valence-corrected chi connectivity index (χ0v) is 16.2. The van der Waals surface area contributed by atoms with E-state index in [4.69, 9.17) is 4.74 Å². The summed E-state index contributed by atoms with van der Waals surface area (Å²) in [5.74, 6) is 2.25. The molecule has 0 radical (unpaired) electrons. The molecule has 27 heavy (non-hydrogen) atoms. The summed E-state index contributed by atoms with van der Waals surface area (Å²) in [5, 5.41) is 3.51. The number of pyridine rings is 1. The van der Waals surface area contributed by atoms with Crippen LogP contribution in [0.15, 0.2) is 24.5 Å². The smallest absolute Gasteiger partial charge is 0.229 e. The van der Waals surface area contributed by atoms with E-state index in [1.165, 1.54) is 12.8 Å². The molecular weight excluding hydrogens is 342 g/mol. The van der Waals surface area contributed by atoms with Gasteiger partial charge >= 0.3 is 0 Å². The normalized spacial score (nSPS) is 27.0. The molecular formula is C20H26N5O2+. The van der Waals surface area contributed by atoms with Crippen molar-refractivity contribution < 1.29 is 9.50 Å². The fourth-order valence-corrected chi connectivity index (χ4v) is 4.56. The largest absolute Gasteiger partial charge is 0.481 e. The molecule has 142 valence electrons. The molecule has 1 saturated carbocycles. The Hall–Kier alpha value is -2.57. The van der Waals surface area contributed by atoms with E-state index in [9.17, 15) is 4.91 Å². The van der Waals surface area contributed by atoms with Crippen molar-refractivity contribution in [3.05, 3.63) is 46.3 Å². The van der Waals surface area contributed by atoms with Crippen molar-refractivity contribution in [1.29, 1.82) is 0 Å². The molecule has 2 aromatic heterocycles. The van der Waals surface area contributed by atoms with Crippen LogP contribution in [0.1, 0.15) is 48.7 Å². The number of anilines is 1. The fourth-order valence-electron chi connectivity index (χ4n) is 4.56. The summed E-state index contributed by atoms with van der Waals surface area (Å²) in [4.78, 5) is 25.9. The topological polar surface area (TPSA) is 80.0 Å². The minimum absolute atomic E-state index is 0.00186. The molecule has 0 aliphatic heterocycles. The summed E-state index contributed by atoms with van der Waals surface area (Å²) >= 11 is 0. The SMILES string of the molecule is COc1cc2c(cn1)[C@H](Nc1nccc(C)n1)[C@@H](C)[C@H](C1CC1)C2[N+](C)=O. The molecule has 1 N–H and O–H groups in total. The van der Waals surface area contributed by atoms with E-state index in [-0.39, 0.29) is 23.9 Å². The van der Waals surface area contributed by atoms with Crippen molar-refractivity contribution in [3.63, 3.8) is 0 Å². The lowest BCUT2D eigenvalue weighted by Crippen LogP contribution is -2.40. The Labute approximate surface area is 159 Å². The maximum Gasteiger partial charge on any atom is 0.229 e. The van der Waals surface area contributed by atoms with Crippen LogP contribution >= 0.6 is 0 Å². The maximum atomic E-state index is 12.6. The summed E-state index contributed by atoms with van der Waals surface area (Å²) in [5.41, 5.74) is 2.94. The van der Waals surface area contributed by atoms with Crippen molar-refractivity contribution in [3.8, 4) is 5.88 Å². The van der Waals surface area contributed by atoms with Gasteiger partial charge in [-0.2, -0.15) is 0 Å². The van der Waals surface area contributed by atoms with E-state index in [0.29, 0.717) is 17.7 Å². The Morgan fingerprint density at radius 3 is 2.67 bits per heavy atom. The highest BCUT2D eigenvalue weighted by molar-refractivity contribution is 5.42. The summed E-state index contributed by atoms with van der Waals surface area (Å²) in [6.45, 7) is 4.17. The van der Waals surface area contributed by atoms with E-state index in [1.807, 2.05) is 25.3 Å². The molecule has 0 bridgehead atoms. The van der Waals surface area contributed by atoms with Gasteiger partial charge < -0.3 is 10.1 Å². The van der Waals surface area contributed by atoms with Crippen LogP contribution in [0.2, 0.25) is 0 Å². The molecule has 1 fully saturated rings. The lowest BCUT2D eigenvalue weighted by atomic mass is 9.68. The first kappa shape index (κ1) is 17.8. The number of aryl methyl sites for hydroxylation is 1. The van der Waals surface area contributed by atoms with Crippen LogP contribution in [-0.4, -0.2) is 33.9 Å². The molecule has 2 aliphatic carbocycles. The van der Waals surface area contributed by atoms with E-state index in [1.54, 1.807) is 20.4 Å². The summed E-state index contributed by atoms with van der Waals surface area (Å²) in [6, 6.07) is 3.62. The Morgan fingerprint density at radius 1 is 1.26 bits per heavy atom.